The number of hydrogen-bond donors (Lipinski definition) is 2. The lowest BCUT2D eigenvalue weighted by Crippen LogP contribution is -2.27. The average Bonchev–Trinajstić information content (AvgIpc) is 2.96. The molecule has 2 atom stereocenters. The minimum atomic E-state index is -0.245. The van der Waals surface area contributed by atoms with Gasteiger partial charge < -0.3 is 15.4 Å². The highest BCUT2D eigenvalue weighted by Gasteiger charge is 2.10. The summed E-state index contributed by atoms with van der Waals surface area (Å²) < 4.78 is 19.0. The Labute approximate surface area is 188 Å². The standard InChI is InChI=1S/C26H39FN2O2/c1-5-9-23(10-6-2)18-29-19-24-11-7-12-25(15-14-24)26(22(4)27)13-8-16-28-17-21(3)31-20-30/h8,12-15,20-21,23-24,28-29H,5-6,9-10,16-19H2,1-4H3/b13-8-,26-22-/t21-,24?/m0/s1. The Kier molecular flexibility index (Phi) is 14.3. The maximum absolute atomic E-state index is 14.2. The largest absolute Gasteiger partial charge is 0.464 e. The second-order valence-corrected chi connectivity index (χ2v) is 8.01. The van der Waals surface area contributed by atoms with Crippen molar-refractivity contribution in [2.75, 3.05) is 26.2 Å². The molecule has 4 nitrogen and oxygen atoms in total. The summed E-state index contributed by atoms with van der Waals surface area (Å²) in [6.45, 7) is 11.1. The highest BCUT2D eigenvalue weighted by atomic mass is 19.1. The van der Waals surface area contributed by atoms with E-state index in [1.165, 1.54) is 32.6 Å². The molecule has 0 aromatic rings. The SMILES string of the molecule is CCCC(CCC)CNCC1C#CC=C(C(/C=C\CNC[C@H](C)OC=O)=C(/C)F)C=C1. The van der Waals surface area contributed by atoms with Gasteiger partial charge in [0.25, 0.3) is 6.47 Å². The van der Waals surface area contributed by atoms with Gasteiger partial charge in [-0.3, -0.25) is 4.79 Å². The van der Waals surface area contributed by atoms with Gasteiger partial charge in [0.15, 0.2) is 0 Å². The average molecular weight is 431 g/mol. The third-order valence-corrected chi connectivity index (χ3v) is 5.14. The van der Waals surface area contributed by atoms with Crippen LogP contribution < -0.4 is 10.6 Å². The first-order chi connectivity index (χ1) is 15.0. The maximum Gasteiger partial charge on any atom is 0.293 e. The fourth-order valence-corrected chi connectivity index (χ4v) is 3.54. The molecule has 0 aliphatic heterocycles. The van der Waals surface area contributed by atoms with Crippen LogP contribution in [-0.4, -0.2) is 38.8 Å². The van der Waals surface area contributed by atoms with E-state index in [-0.39, 0.29) is 17.8 Å². The first-order valence-electron chi connectivity index (χ1n) is 11.4. The van der Waals surface area contributed by atoms with Gasteiger partial charge in [0.05, 0.1) is 5.92 Å². The molecular weight excluding hydrogens is 391 g/mol. The molecule has 1 aliphatic rings. The number of carbonyl (C=O) groups excluding carboxylic acids is 1. The third-order valence-electron chi connectivity index (χ3n) is 5.14. The summed E-state index contributed by atoms with van der Waals surface area (Å²) in [5.41, 5.74) is 1.31. The summed E-state index contributed by atoms with van der Waals surface area (Å²) in [5, 5.41) is 6.72. The van der Waals surface area contributed by atoms with E-state index < -0.39 is 0 Å². The third kappa shape index (κ3) is 11.7. The van der Waals surface area contributed by atoms with Crippen molar-refractivity contribution >= 4 is 6.47 Å². The Morgan fingerprint density at radius 1 is 1.26 bits per heavy atom. The molecule has 2 N–H and O–H groups in total. The molecule has 31 heavy (non-hydrogen) atoms. The predicted molar refractivity (Wildman–Crippen MR) is 127 cm³/mol. The molecule has 0 radical (unpaired) electrons. The van der Waals surface area contributed by atoms with Crippen molar-refractivity contribution in [2.24, 2.45) is 11.8 Å². The molecule has 0 fully saturated rings. The smallest absolute Gasteiger partial charge is 0.293 e. The van der Waals surface area contributed by atoms with Gasteiger partial charge in [0.2, 0.25) is 0 Å². The summed E-state index contributed by atoms with van der Waals surface area (Å²) in [5.74, 6) is 6.92. The van der Waals surface area contributed by atoms with Gasteiger partial charge in [-0.25, -0.2) is 4.39 Å². The number of carbonyl (C=O) groups is 1. The van der Waals surface area contributed by atoms with E-state index in [2.05, 4.69) is 42.4 Å². The van der Waals surface area contributed by atoms with Crippen LogP contribution in [-0.2, 0) is 9.53 Å². The van der Waals surface area contributed by atoms with E-state index in [0.717, 1.165) is 24.6 Å². The van der Waals surface area contributed by atoms with Crippen molar-refractivity contribution in [1.29, 1.82) is 0 Å². The minimum Gasteiger partial charge on any atom is -0.464 e. The zero-order chi connectivity index (χ0) is 22.9. The van der Waals surface area contributed by atoms with Crippen LogP contribution >= 0.6 is 0 Å². The van der Waals surface area contributed by atoms with Crippen molar-refractivity contribution in [3.8, 4) is 11.8 Å². The second kappa shape index (κ2) is 16.5. The fraction of sp³-hybridized carbons (Fsp3) is 0.577. The molecule has 0 aromatic carbocycles. The van der Waals surface area contributed by atoms with E-state index in [0.29, 0.717) is 25.1 Å². The highest BCUT2D eigenvalue weighted by Crippen LogP contribution is 2.21. The molecule has 1 aliphatic carbocycles. The normalized spacial score (nSPS) is 17.6. The van der Waals surface area contributed by atoms with Crippen LogP contribution in [0.3, 0.4) is 0 Å². The van der Waals surface area contributed by atoms with Gasteiger partial charge in [0.1, 0.15) is 11.9 Å². The molecule has 172 valence electrons. The Morgan fingerprint density at radius 2 is 2.00 bits per heavy atom. The molecule has 0 aromatic heterocycles. The number of hydrogen-bond acceptors (Lipinski definition) is 4. The predicted octanol–water partition coefficient (Wildman–Crippen LogP) is 4.86. The van der Waals surface area contributed by atoms with Gasteiger partial charge in [-0.05, 0) is 50.8 Å². The van der Waals surface area contributed by atoms with Crippen LogP contribution in [0.1, 0.15) is 53.4 Å². The zero-order valence-electron chi connectivity index (χ0n) is 19.5. The molecule has 0 saturated carbocycles. The Bertz CT molecular complexity index is 703. The summed E-state index contributed by atoms with van der Waals surface area (Å²) in [6.07, 6.45) is 14.2. The van der Waals surface area contributed by atoms with E-state index >= 15 is 0 Å². The number of ether oxygens (including phenoxy) is 1. The lowest BCUT2D eigenvalue weighted by atomic mass is 9.98. The van der Waals surface area contributed by atoms with Crippen LogP contribution in [0.25, 0.3) is 0 Å². The zero-order valence-corrected chi connectivity index (χ0v) is 19.5. The lowest BCUT2D eigenvalue weighted by molar-refractivity contribution is -0.132. The molecule has 0 spiro atoms. The molecule has 0 bridgehead atoms. The summed E-state index contributed by atoms with van der Waals surface area (Å²) >= 11 is 0. The Hall–Kier alpha value is -2.16. The minimum absolute atomic E-state index is 0.115. The molecule has 0 heterocycles. The van der Waals surface area contributed by atoms with E-state index in [1.54, 1.807) is 19.1 Å². The number of rotatable bonds is 16. The van der Waals surface area contributed by atoms with Crippen LogP contribution in [0.4, 0.5) is 4.39 Å². The van der Waals surface area contributed by atoms with Crippen molar-refractivity contribution < 1.29 is 13.9 Å². The van der Waals surface area contributed by atoms with Crippen molar-refractivity contribution in [1.82, 2.24) is 10.6 Å². The molecule has 1 rings (SSSR count). The maximum atomic E-state index is 14.2. The van der Waals surface area contributed by atoms with E-state index in [1.807, 2.05) is 12.2 Å². The summed E-state index contributed by atoms with van der Waals surface area (Å²) in [7, 11) is 0. The van der Waals surface area contributed by atoms with Gasteiger partial charge in [-0.15, -0.1) is 0 Å². The second-order valence-electron chi connectivity index (χ2n) is 8.01. The topological polar surface area (TPSA) is 50.4 Å². The molecule has 5 heteroatoms. The molecule has 1 unspecified atom stereocenters. The van der Waals surface area contributed by atoms with Crippen LogP contribution in [0.15, 0.2) is 47.4 Å². The van der Waals surface area contributed by atoms with Gasteiger partial charge in [0, 0.05) is 25.2 Å². The van der Waals surface area contributed by atoms with Crippen LogP contribution in [0, 0.1) is 23.7 Å². The van der Waals surface area contributed by atoms with Crippen LogP contribution in [0.5, 0.6) is 0 Å². The van der Waals surface area contributed by atoms with Crippen molar-refractivity contribution in [3.63, 3.8) is 0 Å². The first-order valence-corrected chi connectivity index (χ1v) is 11.4. The highest BCUT2D eigenvalue weighted by molar-refractivity contribution is 5.52. The first kappa shape index (κ1) is 26.9. The lowest BCUT2D eigenvalue weighted by Gasteiger charge is -2.17. The summed E-state index contributed by atoms with van der Waals surface area (Å²) in [6, 6.07) is 0. The number of allylic oxidation sites excluding steroid dienone is 6. The molecule has 0 saturated heterocycles. The van der Waals surface area contributed by atoms with E-state index in [4.69, 9.17) is 4.74 Å². The van der Waals surface area contributed by atoms with Crippen LogP contribution in [0.2, 0.25) is 0 Å². The fourth-order valence-electron chi connectivity index (χ4n) is 3.54. The van der Waals surface area contributed by atoms with Crippen molar-refractivity contribution in [2.45, 2.75) is 59.5 Å². The van der Waals surface area contributed by atoms with Gasteiger partial charge in [-0.2, -0.15) is 0 Å². The monoisotopic (exact) mass is 430 g/mol. The quantitative estimate of drug-likeness (QED) is 0.159. The Morgan fingerprint density at radius 3 is 2.65 bits per heavy atom. The van der Waals surface area contributed by atoms with Gasteiger partial charge >= 0.3 is 0 Å². The number of nitrogens with one attached hydrogen (secondary N) is 2. The van der Waals surface area contributed by atoms with Gasteiger partial charge in [-0.1, -0.05) is 62.8 Å². The Balaban J connectivity index is 2.57. The molecular formula is C26H39FN2O2. The van der Waals surface area contributed by atoms with Crippen molar-refractivity contribution in [3.05, 3.63) is 47.4 Å². The summed E-state index contributed by atoms with van der Waals surface area (Å²) in [4.78, 5) is 10.3. The molecule has 0 amide bonds. The van der Waals surface area contributed by atoms with E-state index in [9.17, 15) is 9.18 Å². The number of halogens is 1.